The third-order valence-electron chi connectivity index (χ3n) is 3.42. The molecule has 1 aliphatic rings. The van der Waals surface area contributed by atoms with E-state index in [9.17, 15) is 4.79 Å². The summed E-state index contributed by atoms with van der Waals surface area (Å²) >= 11 is 0. The van der Waals surface area contributed by atoms with Gasteiger partial charge in [-0.2, -0.15) is 4.57 Å². The Morgan fingerprint density at radius 2 is 2.06 bits per heavy atom. The first-order valence-electron chi connectivity index (χ1n) is 5.98. The highest BCUT2D eigenvalue weighted by atomic mass is 16.1. The molecule has 2 heterocycles. The summed E-state index contributed by atoms with van der Waals surface area (Å²) in [5, 5.41) is 0. The maximum absolute atomic E-state index is 10.9. The molecule has 0 N–H and O–H groups in total. The average Bonchev–Trinajstić information content (AvgIpc) is 2.75. The molecule has 0 fully saturated rings. The minimum atomic E-state index is 0.734. The molecule has 1 aliphatic heterocycles. The van der Waals surface area contributed by atoms with E-state index in [1.54, 1.807) is 0 Å². The van der Waals surface area contributed by atoms with Crippen molar-refractivity contribution in [1.82, 2.24) is 0 Å². The standard InChI is InChI=1S/C15H15N2O/c1-16(2)13-5-6-17-9-12-4-3-11(10-18)7-14(12)15(17)8-13/h3-8,10H,9H2,1-2H3/q+1. The van der Waals surface area contributed by atoms with Crippen LogP contribution in [0.25, 0.3) is 11.3 Å². The van der Waals surface area contributed by atoms with Crippen molar-refractivity contribution in [3.05, 3.63) is 47.7 Å². The topological polar surface area (TPSA) is 24.2 Å². The number of rotatable bonds is 2. The number of fused-ring (bicyclic) bond motifs is 3. The van der Waals surface area contributed by atoms with Crippen molar-refractivity contribution in [2.24, 2.45) is 0 Å². The molecule has 0 saturated heterocycles. The maximum atomic E-state index is 10.9. The first-order chi connectivity index (χ1) is 8.69. The molecule has 0 spiro atoms. The Morgan fingerprint density at radius 3 is 2.78 bits per heavy atom. The second-order valence-corrected chi connectivity index (χ2v) is 4.83. The van der Waals surface area contributed by atoms with E-state index in [2.05, 4.69) is 27.8 Å². The van der Waals surface area contributed by atoms with Crippen LogP contribution >= 0.6 is 0 Å². The summed E-state index contributed by atoms with van der Waals surface area (Å²) < 4.78 is 2.21. The lowest BCUT2D eigenvalue weighted by Gasteiger charge is -2.11. The van der Waals surface area contributed by atoms with E-state index in [0.717, 1.165) is 18.4 Å². The molecule has 2 aromatic rings. The predicted octanol–water partition coefficient (Wildman–Crippen LogP) is 1.88. The molecule has 90 valence electrons. The van der Waals surface area contributed by atoms with Gasteiger partial charge in [0.2, 0.25) is 5.69 Å². The molecule has 0 bridgehead atoms. The fraction of sp³-hybridized carbons (Fsp3) is 0.200. The van der Waals surface area contributed by atoms with Gasteiger partial charge in [-0.1, -0.05) is 12.1 Å². The van der Waals surface area contributed by atoms with Crippen molar-refractivity contribution in [3.8, 4) is 11.3 Å². The van der Waals surface area contributed by atoms with E-state index in [0.29, 0.717) is 0 Å². The fourth-order valence-electron chi connectivity index (χ4n) is 2.39. The molecule has 0 amide bonds. The molecule has 3 heteroatoms. The highest BCUT2D eigenvalue weighted by molar-refractivity contribution is 5.79. The van der Waals surface area contributed by atoms with E-state index < -0.39 is 0 Å². The van der Waals surface area contributed by atoms with Crippen LogP contribution < -0.4 is 9.47 Å². The summed E-state index contributed by atoms with van der Waals surface area (Å²) in [7, 11) is 4.06. The number of carbonyl (C=O) groups excluding carboxylic acids is 1. The second-order valence-electron chi connectivity index (χ2n) is 4.83. The molecule has 1 aromatic heterocycles. The summed E-state index contributed by atoms with van der Waals surface area (Å²) in [5.74, 6) is 0. The van der Waals surface area contributed by atoms with Crippen LogP contribution in [0.5, 0.6) is 0 Å². The molecule has 0 atom stereocenters. The van der Waals surface area contributed by atoms with Gasteiger partial charge in [-0.3, -0.25) is 4.79 Å². The van der Waals surface area contributed by atoms with Crippen molar-refractivity contribution in [2.75, 3.05) is 19.0 Å². The predicted molar refractivity (Wildman–Crippen MR) is 70.9 cm³/mol. The van der Waals surface area contributed by atoms with Crippen molar-refractivity contribution in [2.45, 2.75) is 6.54 Å². The number of anilines is 1. The molecule has 18 heavy (non-hydrogen) atoms. The van der Waals surface area contributed by atoms with Crippen LogP contribution in [-0.4, -0.2) is 20.4 Å². The zero-order valence-electron chi connectivity index (χ0n) is 10.6. The number of carbonyl (C=O) groups is 1. The molecule has 0 radical (unpaired) electrons. The molecule has 3 nitrogen and oxygen atoms in total. The second kappa shape index (κ2) is 3.95. The van der Waals surface area contributed by atoms with Gasteiger partial charge < -0.3 is 4.90 Å². The van der Waals surface area contributed by atoms with Gasteiger partial charge in [-0.05, 0) is 6.07 Å². The highest BCUT2D eigenvalue weighted by Crippen LogP contribution is 2.29. The third kappa shape index (κ3) is 1.59. The zero-order valence-corrected chi connectivity index (χ0v) is 10.6. The van der Waals surface area contributed by atoms with Crippen molar-refractivity contribution in [1.29, 1.82) is 0 Å². The van der Waals surface area contributed by atoms with Crippen LogP contribution in [-0.2, 0) is 6.54 Å². The number of aldehydes is 1. The van der Waals surface area contributed by atoms with E-state index in [-0.39, 0.29) is 0 Å². The highest BCUT2D eigenvalue weighted by Gasteiger charge is 2.26. The molecular weight excluding hydrogens is 224 g/mol. The largest absolute Gasteiger partial charge is 0.377 e. The molecule has 3 rings (SSSR count). The summed E-state index contributed by atoms with van der Waals surface area (Å²) in [6.45, 7) is 0.886. The van der Waals surface area contributed by atoms with E-state index in [4.69, 9.17) is 0 Å². The Kier molecular flexibility index (Phi) is 2.40. The van der Waals surface area contributed by atoms with E-state index >= 15 is 0 Å². The van der Waals surface area contributed by atoms with Crippen LogP contribution in [0.15, 0.2) is 36.5 Å². The Morgan fingerprint density at radius 1 is 1.22 bits per heavy atom. The Balaban J connectivity index is 2.18. The quantitative estimate of drug-likeness (QED) is 0.504. The van der Waals surface area contributed by atoms with Gasteiger partial charge in [-0.15, -0.1) is 0 Å². The summed E-state index contributed by atoms with van der Waals surface area (Å²) in [4.78, 5) is 13.0. The van der Waals surface area contributed by atoms with Crippen LogP contribution in [0.4, 0.5) is 5.69 Å². The summed E-state index contributed by atoms with van der Waals surface area (Å²) in [5.41, 5.74) is 5.53. The van der Waals surface area contributed by atoms with Gasteiger partial charge in [0, 0.05) is 43.0 Å². The maximum Gasteiger partial charge on any atom is 0.215 e. The van der Waals surface area contributed by atoms with Crippen molar-refractivity contribution >= 4 is 12.0 Å². The Bertz CT molecular complexity index is 632. The van der Waals surface area contributed by atoms with Crippen LogP contribution in [0, 0.1) is 0 Å². The van der Waals surface area contributed by atoms with Crippen LogP contribution in [0.2, 0.25) is 0 Å². The number of nitrogens with zero attached hydrogens (tertiary/aromatic N) is 2. The summed E-state index contributed by atoms with van der Waals surface area (Å²) in [6.07, 6.45) is 3.00. The van der Waals surface area contributed by atoms with Crippen molar-refractivity contribution in [3.63, 3.8) is 0 Å². The van der Waals surface area contributed by atoms with Gasteiger partial charge in [0.1, 0.15) is 6.29 Å². The Hall–Kier alpha value is -2.16. The van der Waals surface area contributed by atoms with Crippen molar-refractivity contribution < 1.29 is 9.36 Å². The lowest BCUT2D eigenvalue weighted by Crippen LogP contribution is -2.32. The number of aromatic nitrogens is 1. The lowest BCUT2D eigenvalue weighted by atomic mass is 10.0. The molecule has 0 aliphatic carbocycles. The SMILES string of the molecule is CN(C)c1cc[n+]2c(c1)-c1cc(C=O)ccc1C2. The molecule has 0 unspecified atom stereocenters. The number of hydrogen-bond donors (Lipinski definition) is 0. The van der Waals surface area contributed by atoms with Gasteiger partial charge in [0.15, 0.2) is 12.7 Å². The molecule has 0 saturated carbocycles. The van der Waals surface area contributed by atoms with Crippen LogP contribution in [0.1, 0.15) is 15.9 Å². The Labute approximate surface area is 106 Å². The monoisotopic (exact) mass is 239 g/mol. The number of pyridine rings is 1. The zero-order chi connectivity index (χ0) is 12.7. The van der Waals surface area contributed by atoms with Crippen LogP contribution in [0.3, 0.4) is 0 Å². The number of benzene rings is 1. The van der Waals surface area contributed by atoms with E-state index in [1.807, 2.05) is 32.3 Å². The van der Waals surface area contributed by atoms with E-state index in [1.165, 1.54) is 22.5 Å². The minimum absolute atomic E-state index is 0.734. The third-order valence-corrected chi connectivity index (χ3v) is 3.42. The normalized spacial score (nSPS) is 11.9. The average molecular weight is 239 g/mol. The van der Waals surface area contributed by atoms with Gasteiger partial charge in [0.05, 0.1) is 5.56 Å². The summed E-state index contributed by atoms with van der Waals surface area (Å²) in [6, 6.07) is 10.2. The fourth-order valence-corrected chi connectivity index (χ4v) is 2.39. The molecular formula is C15H15N2O+. The molecule has 1 aromatic carbocycles. The van der Waals surface area contributed by atoms with Gasteiger partial charge in [-0.25, -0.2) is 0 Å². The first kappa shape index (κ1) is 11.0. The number of hydrogen-bond acceptors (Lipinski definition) is 2. The smallest absolute Gasteiger partial charge is 0.215 e. The van der Waals surface area contributed by atoms with Gasteiger partial charge in [0.25, 0.3) is 0 Å². The lowest BCUT2D eigenvalue weighted by molar-refractivity contribution is -0.672. The minimum Gasteiger partial charge on any atom is -0.377 e. The van der Waals surface area contributed by atoms with Gasteiger partial charge >= 0.3 is 0 Å². The first-order valence-corrected chi connectivity index (χ1v) is 5.98.